The third-order valence-corrected chi connectivity index (χ3v) is 4.86. The maximum atomic E-state index is 12.4. The topological polar surface area (TPSA) is 121 Å². The van der Waals surface area contributed by atoms with Crippen molar-refractivity contribution in [2.75, 3.05) is 25.1 Å². The second kappa shape index (κ2) is 9.12. The van der Waals surface area contributed by atoms with Gasteiger partial charge in [-0.25, -0.2) is 4.79 Å². The van der Waals surface area contributed by atoms with Crippen molar-refractivity contribution < 1.29 is 28.5 Å². The summed E-state index contributed by atoms with van der Waals surface area (Å²) >= 11 is 0. The van der Waals surface area contributed by atoms with Gasteiger partial charge in [-0.05, 0) is 36.4 Å². The lowest BCUT2D eigenvalue weighted by atomic mass is 10.1. The van der Waals surface area contributed by atoms with Gasteiger partial charge in [0.15, 0.2) is 0 Å². The Hall–Kier alpha value is -3.14. The van der Waals surface area contributed by atoms with Crippen molar-refractivity contribution in [3.05, 3.63) is 54.6 Å². The van der Waals surface area contributed by atoms with Crippen molar-refractivity contribution >= 4 is 17.6 Å². The first-order chi connectivity index (χ1) is 14.6. The molecule has 4 rings (SSSR count). The van der Waals surface area contributed by atoms with Crippen LogP contribution in [0.25, 0.3) is 0 Å². The molecule has 4 N–H and O–H groups in total. The molecule has 0 aliphatic carbocycles. The molecular weight excluding hydrogens is 390 g/mol. The number of primary amides is 1. The molecule has 3 amide bonds. The van der Waals surface area contributed by atoms with Crippen molar-refractivity contribution in [3.8, 4) is 11.5 Å². The van der Waals surface area contributed by atoms with Gasteiger partial charge in [0.05, 0.1) is 19.3 Å². The summed E-state index contributed by atoms with van der Waals surface area (Å²) in [5, 5.41) is 5.64. The number of carbonyl (C=O) groups excluding carboxylic acids is 2. The quantitative estimate of drug-likeness (QED) is 0.635. The number of para-hydroxylation sites is 1. The Morgan fingerprint density at radius 2 is 1.67 bits per heavy atom. The fourth-order valence-electron chi connectivity index (χ4n) is 3.49. The molecule has 2 saturated heterocycles. The van der Waals surface area contributed by atoms with E-state index < -0.39 is 5.91 Å². The van der Waals surface area contributed by atoms with Gasteiger partial charge in [0.1, 0.15) is 36.4 Å². The number of carbonyl (C=O) groups is 2. The highest BCUT2D eigenvalue weighted by Crippen LogP contribution is 2.29. The number of benzene rings is 2. The molecule has 30 heavy (non-hydrogen) atoms. The average Bonchev–Trinajstić information content (AvgIpc) is 3.32. The monoisotopic (exact) mass is 413 g/mol. The minimum absolute atomic E-state index is 0.191. The van der Waals surface area contributed by atoms with Gasteiger partial charge in [0.2, 0.25) is 5.91 Å². The molecule has 2 heterocycles. The Balaban J connectivity index is 1.26. The molecule has 4 atom stereocenters. The number of nitrogens with two attached hydrogens (primary N) is 1. The molecule has 0 spiro atoms. The maximum absolute atomic E-state index is 12.4. The van der Waals surface area contributed by atoms with Gasteiger partial charge >= 0.3 is 6.03 Å². The fourth-order valence-corrected chi connectivity index (χ4v) is 3.49. The summed E-state index contributed by atoms with van der Waals surface area (Å²) in [7, 11) is 0. The Bertz CT molecular complexity index is 876. The van der Waals surface area contributed by atoms with Gasteiger partial charge in [-0.15, -0.1) is 0 Å². The van der Waals surface area contributed by atoms with E-state index in [1.807, 2.05) is 30.3 Å². The van der Waals surface area contributed by atoms with E-state index in [1.54, 1.807) is 24.3 Å². The van der Waals surface area contributed by atoms with Gasteiger partial charge < -0.3 is 35.3 Å². The second-order valence-electron chi connectivity index (χ2n) is 7.06. The van der Waals surface area contributed by atoms with Gasteiger partial charge in [-0.3, -0.25) is 4.79 Å². The minimum Gasteiger partial charge on any atom is -0.457 e. The van der Waals surface area contributed by atoms with Gasteiger partial charge in [0, 0.05) is 5.69 Å². The number of nitrogens with one attached hydrogen (secondary N) is 2. The molecule has 0 saturated carbocycles. The van der Waals surface area contributed by atoms with E-state index in [9.17, 15) is 9.59 Å². The van der Waals surface area contributed by atoms with Crippen LogP contribution in [0, 0.1) is 0 Å². The lowest BCUT2D eigenvalue weighted by molar-refractivity contribution is -0.126. The summed E-state index contributed by atoms with van der Waals surface area (Å²) in [6.45, 7) is 0.386. The molecule has 2 aromatic carbocycles. The van der Waals surface area contributed by atoms with E-state index in [0.29, 0.717) is 18.0 Å². The zero-order valence-electron chi connectivity index (χ0n) is 16.2. The summed E-state index contributed by atoms with van der Waals surface area (Å²) in [5.74, 6) is 0.854. The van der Waals surface area contributed by atoms with Crippen LogP contribution >= 0.6 is 0 Å². The predicted molar refractivity (Wildman–Crippen MR) is 107 cm³/mol. The summed E-state index contributed by atoms with van der Waals surface area (Å²) in [6, 6.07) is 15.8. The van der Waals surface area contributed by atoms with Gasteiger partial charge in [-0.1, -0.05) is 18.2 Å². The standard InChI is InChI=1S/C21H23N3O6/c22-18(25)12-27-17-11-29-19-16(10-28-20(17)19)24-21(26)23-13-6-8-15(9-7-13)30-14-4-2-1-3-5-14/h1-9,16-17,19-20H,10-12H2,(H2,22,25)(H2,23,24,26). The first-order valence-corrected chi connectivity index (χ1v) is 9.62. The summed E-state index contributed by atoms with van der Waals surface area (Å²) in [6.07, 6.45) is -1.06. The molecule has 9 nitrogen and oxygen atoms in total. The highest BCUT2D eigenvalue weighted by molar-refractivity contribution is 5.89. The minimum atomic E-state index is -0.550. The third kappa shape index (κ3) is 4.88. The number of rotatable bonds is 7. The van der Waals surface area contributed by atoms with Gasteiger partial charge in [0.25, 0.3) is 0 Å². The van der Waals surface area contributed by atoms with Crippen LogP contribution in [0.2, 0.25) is 0 Å². The zero-order chi connectivity index (χ0) is 20.9. The summed E-state index contributed by atoms with van der Waals surface area (Å²) < 4.78 is 22.5. The van der Waals surface area contributed by atoms with E-state index in [0.717, 1.165) is 5.75 Å². The molecule has 9 heteroatoms. The molecule has 2 aliphatic heterocycles. The summed E-state index contributed by atoms with van der Waals surface area (Å²) in [5.41, 5.74) is 5.73. The smallest absolute Gasteiger partial charge is 0.319 e. The van der Waals surface area contributed by atoms with Crippen LogP contribution in [0.4, 0.5) is 10.5 Å². The molecular formula is C21H23N3O6. The Labute approximate surface area is 173 Å². The molecule has 0 bridgehead atoms. The largest absolute Gasteiger partial charge is 0.457 e. The number of hydrogen-bond donors (Lipinski definition) is 3. The molecule has 2 aliphatic rings. The van der Waals surface area contributed by atoms with Crippen molar-refractivity contribution in [1.29, 1.82) is 0 Å². The Morgan fingerprint density at radius 3 is 2.40 bits per heavy atom. The first-order valence-electron chi connectivity index (χ1n) is 9.62. The van der Waals surface area contributed by atoms with Crippen LogP contribution < -0.4 is 21.1 Å². The number of ether oxygens (including phenoxy) is 4. The van der Waals surface area contributed by atoms with E-state index >= 15 is 0 Å². The van der Waals surface area contributed by atoms with E-state index in [4.69, 9.17) is 24.7 Å². The Morgan fingerprint density at radius 1 is 0.967 bits per heavy atom. The maximum Gasteiger partial charge on any atom is 0.319 e. The highest BCUT2D eigenvalue weighted by Gasteiger charge is 2.48. The lowest BCUT2D eigenvalue weighted by Gasteiger charge is -2.18. The van der Waals surface area contributed by atoms with Crippen LogP contribution in [-0.4, -0.2) is 56.1 Å². The van der Waals surface area contributed by atoms with Crippen LogP contribution in [0.1, 0.15) is 0 Å². The number of urea groups is 1. The number of anilines is 1. The SMILES string of the molecule is NC(=O)COC1COC2C(NC(=O)Nc3ccc(Oc4ccccc4)cc3)COC12. The Kier molecular flexibility index (Phi) is 6.12. The molecule has 2 aromatic rings. The van der Waals surface area contributed by atoms with E-state index in [2.05, 4.69) is 10.6 Å². The van der Waals surface area contributed by atoms with Crippen molar-refractivity contribution in [1.82, 2.24) is 5.32 Å². The van der Waals surface area contributed by atoms with Crippen LogP contribution in [0.5, 0.6) is 11.5 Å². The van der Waals surface area contributed by atoms with Crippen LogP contribution in [-0.2, 0) is 19.0 Å². The average molecular weight is 413 g/mol. The number of amides is 3. The molecule has 158 valence electrons. The zero-order valence-corrected chi connectivity index (χ0v) is 16.2. The molecule has 0 aromatic heterocycles. The number of hydrogen-bond acceptors (Lipinski definition) is 6. The van der Waals surface area contributed by atoms with Crippen LogP contribution in [0.15, 0.2) is 54.6 Å². The third-order valence-electron chi connectivity index (χ3n) is 4.86. The molecule has 0 radical (unpaired) electrons. The fraction of sp³-hybridized carbons (Fsp3) is 0.333. The molecule has 4 unspecified atom stereocenters. The molecule has 2 fully saturated rings. The van der Waals surface area contributed by atoms with E-state index in [-0.39, 0.29) is 43.6 Å². The number of fused-ring (bicyclic) bond motifs is 1. The van der Waals surface area contributed by atoms with Crippen molar-refractivity contribution in [2.24, 2.45) is 5.73 Å². The highest BCUT2D eigenvalue weighted by atomic mass is 16.6. The predicted octanol–water partition coefficient (Wildman–Crippen LogP) is 1.64. The van der Waals surface area contributed by atoms with Crippen LogP contribution in [0.3, 0.4) is 0 Å². The lowest BCUT2D eigenvalue weighted by Crippen LogP contribution is -2.46. The van der Waals surface area contributed by atoms with E-state index in [1.165, 1.54) is 0 Å². The second-order valence-corrected chi connectivity index (χ2v) is 7.06. The van der Waals surface area contributed by atoms with Gasteiger partial charge in [-0.2, -0.15) is 0 Å². The summed E-state index contributed by atoms with van der Waals surface area (Å²) in [4.78, 5) is 23.3. The van der Waals surface area contributed by atoms with Crippen molar-refractivity contribution in [2.45, 2.75) is 24.4 Å². The first kappa shape index (κ1) is 20.1. The normalized spacial score (nSPS) is 24.8. The van der Waals surface area contributed by atoms with Crippen molar-refractivity contribution in [3.63, 3.8) is 0 Å².